The molecule has 11 bridgehead atoms. The van der Waals surface area contributed by atoms with E-state index < -0.39 is 324 Å². The molecule has 28 N–H and O–H groups in total. The highest BCUT2D eigenvalue weighted by Crippen LogP contribution is 2.52. The zero-order valence-electron chi connectivity index (χ0n) is 71.8. The largest absolute Gasteiger partial charge is 0.508 e. The summed E-state index contributed by atoms with van der Waals surface area (Å²) in [5.74, 6) is -14.8. The molecule has 0 radical (unpaired) electrons. The number of phenolic OH excluding ortho intramolecular Hbond substituents is 4. The Balaban J connectivity index is 1.00. The average molecular weight is 1910 g/mol. The second-order valence-electron chi connectivity index (χ2n) is 33.5. The molecule has 7 aromatic carbocycles. The first-order valence-corrected chi connectivity index (χ1v) is 43.0. The van der Waals surface area contributed by atoms with Gasteiger partial charge in [0.05, 0.1) is 48.8 Å². The van der Waals surface area contributed by atoms with Gasteiger partial charge in [-0.1, -0.05) is 60.1 Å². The number of fused-ring (bicyclic) bond motifs is 12. The van der Waals surface area contributed by atoms with E-state index in [0.29, 0.717) is 0 Å². The van der Waals surface area contributed by atoms with Gasteiger partial charge in [0.1, 0.15) is 120 Å². The number of carboxylic acids is 1. The van der Waals surface area contributed by atoms with Gasteiger partial charge in [0.25, 0.3) is 0 Å². The SMILES string of the molecule is CNC(C(O)=NC1C(O)=NC(c2ccc(O)cc2)C(O)=NC2C(O)=NC3C(O)=NC(C(O)=NC(C(=O)O)c4cc(O)cc(O)c4-c4cc3ccc4O)C(OC3CC(N)C(O)C(C)O3)c3ccc(c(Cl)c3)Oc3cc2cc(c3OC2OC(CO)C(O)C(O)C2OC2CC(N)C(O)C(C)O2)Oc2ccc(cc2)C1OC1OC(CO)C(O)C(O)C1O)c1ccc(OC2OC(C)C(O)C(O)C2O)cc1. The van der Waals surface area contributed by atoms with Crippen LogP contribution in [0, 0.1) is 0 Å². The lowest BCUT2D eigenvalue weighted by Gasteiger charge is -2.44. The van der Waals surface area contributed by atoms with E-state index in [1.807, 2.05) is 0 Å². The van der Waals surface area contributed by atoms with Crippen molar-refractivity contribution < 1.29 is 179 Å². The zero-order chi connectivity index (χ0) is 96.9. The fourth-order valence-electron chi connectivity index (χ4n) is 16.9. The molecule has 5 fully saturated rings. The smallest absolute Gasteiger partial charge is 0.333 e. The maximum Gasteiger partial charge on any atom is 0.333 e. The van der Waals surface area contributed by atoms with Crippen molar-refractivity contribution in [2.24, 2.45) is 41.4 Å². The van der Waals surface area contributed by atoms with E-state index in [1.165, 1.54) is 107 Å². The lowest BCUT2D eigenvalue weighted by molar-refractivity contribution is -0.330. The molecule has 0 amide bonds. The first-order valence-electron chi connectivity index (χ1n) is 42.6. The predicted molar refractivity (Wildman–Crippen MR) is 468 cm³/mol. The van der Waals surface area contributed by atoms with E-state index in [4.69, 9.17) is 84.9 Å². The van der Waals surface area contributed by atoms with Crippen LogP contribution in [0.25, 0.3) is 11.1 Å². The molecule has 17 rings (SSSR count). The molecule has 32 atom stereocenters. The minimum atomic E-state index is -2.44. The summed E-state index contributed by atoms with van der Waals surface area (Å²) in [7, 11) is 1.38. The number of aliphatic carboxylic acids is 1. The number of aromatic hydroxyl groups is 4. The molecule has 10 heterocycles. The van der Waals surface area contributed by atoms with E-state index in [1.54, 1.807) is 0 Å². The number of benzene rings is 7. The van der Waals surface area contributed by atoms with Gasteiger partial charge >= 0.3 is 5.97 Å². The van der Waals surface area contributed by atoms with Gasteiger partial charge in [0, 0.05) is 47.7 Å². The summed E-state index contributed by atoms with van der Waals surface area (Å²) in [5.41, 5.74) is 9.96. The summed E-state index contributed by atoms with van der Waals surface area (Å²) < 4.78 is 76.3. The fraction of sp³-hybridized carbons (Fsp3) is 0.449. The molecule has 7 aromatic rings. The summed E-state index contributed by atoms with van der Waals surface area (Å²) in [6.45, 7) is 2.34. The number of aliphatic hydroxyl groups is 18. The number of hydrogen-bond donors (Lipinski definition) is 26. The molecular weight excluding hydrogens is 1810 g/mol. The highest BCUT2D eigenvalue weighted by Gasteiger charge is 2.52. The van der Waals surface area contributed by atoms with Gasteiger partial charge in [0.2, 0.25) is 53.7 Å². The molecule has 5 saturated heterocycles. The number of aliphatic imine (C=N–C) groups is 6. The van der Waals surface area contributed by atoms with Gasteiger partial charge in [0.15, 0.2) is 72.7 Å². The van der Waals surface area contributed by atoms with E-state index in [-0.39, 0.29) is 52.2 Å². The minimum Gasteiger partial charge on any atom is -0.508 e. The normalized spacial score (nSPS) is 34.3. The minimum absolute atomic E-state index is 0.0256. The Morgan fingerprint density at radius 3 is 1.64 bits per heavy atom. The molecule has 32 unspecified atom stereocenters. The highest BCUT2D eigenvalue weighted by molar-refractivity contribution is 6.32. The number of ether oxygens (including phenoxy) is 12. The average Bonchev–Trinajstić information content (AvgIpc) is 0.771. The molecule has 10 aliphatic rings. The first kappa shape index (κ1) is 98.1. The number of nitrogens with zero attached hydrogens (tertiary/aromatic N) is 6. The summed E-state index contributed by atoms with van der Waals surface area (Å²) >= 11 is 7.46. The maximum absolute atomic E-state index is 13.8. The number of carbonyl (C=O) groups is 1. The van der Waals surface area contributed by atoms with E-state index >= 15 is 0 Å². The molecule has 0 saturated carbocycles. The maximum atomic E-state index is 13.8. The number of likely N-dealkylation sites (N-methyl/N-ethyl adjacent to an activating group) is 1. The van der Waals surface area contributed by atoms with Gasteiger partial charge < -0.3 is 191 Å². The van der Waals surface area contributed by atoms with Crippen molar-refractivity contribution in [3.8, 4) is 68.6 Å². The zero-order valence-corrected chi connectivity index (χ0v) is 72.6. The number of nitrogens with one attached hydrogen (secondary N) is 1. The molecule has 0 aliphatic carbocycles. The van der Waals surface area contributed by atoms with Crippen LogP contribution in [0.4, 0.5) is 0 Å². The van der Waals surface area contributed by atoms with Gasteiger partial charge in [-0.05, 0) is 140 Å². The Bertz CT molecular complexity index is 5590. The predicted octanol–water partition coefficient (Wildman–Crippen LogP) is 2.51. The van der Waals surface area contributed by atoms with Gasteiger partial charge in [-0.15, -0.1) is 0 Å². The molecule has 0 aromatic heterocycles. The van der Waals surface area contributed by atoms with Crippen molar-refractivity contribution >= 4 is 53.0 Å². The molecule has 46 heteroatoms. The van der Waals surface area contributed by atoms with Crippen molar-refractivity contribution in [3.63, 3.8) is 0 Å². The van der Waals surface area contributed by atoms with Crippen molar-refractivity contribution in [3.05, 3.63) is 177 Å². The van der Waals surface area contributed by atoms with Crippen LogP contribution in [0.2, 0.25) is 5.02 Å². The van der Waals surface area contributed by atoms with Gasteiger partial charge in [-0.3, -0.25) is 0 Å². The number of aliphatic hydroxyl groups excluding tert-OH is 18. The van der Waals surface area contributed by atoms with Crippen LogP contribution in [-0.4, -0.2) is 332 Å². The lowest BCUT2D eigenvalue weighted by atomic mass is 9.90. The molecule has 135 heavy (non-hydrogen) atoms. The molecule has 726 valence electrons. The number of nitrogens with two attached hydrogens (primary N) is 2. The summed E-state index contributed by atoms with van der Waals surface area (Å²) in [6, 6.07) is 8.07. The number of phenols is 4. The van der Waals surface area contributed by atoms with Crippen LogP contribution in [0.1, 0.15) is 115 Å². The van der Waals surface area contributed by atoms with Crippen molar-refractivity contribution in [1.82, 2.24) is 5.32 Å². The van der Waals surface area contributed by atoms with Crippen LogP contribution in [0.5, 0.6) is 57.5 Å². The number of halogens is 1. The Labute approximate surface area is 771 Å². The van der Waals surface area contributed by atoms with Crippen LogP contribution in [0.15, 0.2) is 163 Å². The Morgan fingerprint density at radius 1 is 0.481 bits per heavy atom. The molecule has 45 nitrogen and oxygen atoms in total. The van der Waals surface area contributed by atoms with Crippen molar-refractivity contribution in [2.45, 2.75) is 229 Å². The summed E-state index contributed by atoms with van der Waals surface area (Å²) in [4.78, 5) is 41.4. The van der Waals surface area contributed by atoms with Gasteiger partial charge in [-0.25, -0.2) is 34.7 Å². The van der Waals surface area contributed by atoms with Gasteiger partial charge in [-0.2, -0.15) is 0 Å². The topological polar surface area (TPSA) is 731 Å². The second-order valence-corrected chi connectivity index (χ2v) is 33.9. The third-order valence-corrected chi connectivity index (χ3v) is 24.6. The number of hydrogen-bond acceptors (Lipinski definition) is 38. The van der Waals surface area contributed by atoms with Crippen LogP contribution in [0.3, 0.4) is 0 Å². The number of rotatable bonds is 18. The molecule has 10 aliphatic heterocycles. The summed E-state index contributed by atoms with van der Waals surface area (Å²) in [5, 5.41) is 273. The Hall–Kier alpha value is -11.4. The molecule has 0 spiro atoms. The fourth-order valence-corrected chi connectivity index (χ4v) is 17.1. The van der Waals surface area contributed by atoms with Crippen LogP contribution in [-0.2, 0) is 42.7 Å². The monoisotopic (exact) mass is 1910 g/mol. The first-order chi connectivity index (χ1) is 64.3. The standard InChI is InChI=1S/C89H102ClN9O36/c1-31-66(106)47(91)27-56(124-31)132-77-38-12-20-51(46(90)22-38)129-53-24-39-23-52(78(53)135-89-79(73(113)70(110)55(30-101)131-89)133-57-28-48(92)67(107)32(2)125-57)127-42-17-9-36(10-18-42)76(134-88-75(115)72(112)69(109)54(29-100)130-88)64(98-80(116)59(93-4)34-7-15-43(16-8-34)128-87-74(114)71(111)68(108)33(3)126-87)84(120)94-60(35-5-13-40(102)14-6-35)81(117)96-62(39)83(119)95-61-37-11-19-49(104)44(21-37)58-45(25-41(103)26-50(58)105)63(86(122)123)97-85(121)65(77)99-82(61)118/h5-26,31-33,47-48,54-57,59-77,79,87-89,93,100-115H,27-30,91-92H2,1-4H3,(H,94,120)(H,95,119)(H,96,117)(H,97,121)(H,98,116)(H,99,118)(H,122,123). The van der Waals surface area contributed by atoms with Crippen molar-refractivity contribution in [2.75, 3.05) is 20.3 Å². The third-order valence-electron chi connectivity index (χ3n) is 24.3. The van der Waals surface area contributed by atoms with E-state index in [9.17, 15) is 122 Å². The highest BCUT2D eigenvalue weighted by atomic mass is 35.5. The summed E-state index contributed by atoms with van der Waals surface area (Å²) in [6.07, 6.45) is -39.8. The Morgan fingerprint density at radius 2 is 1.03 bits per heavy atom. The van der Waals surface area contributed by atoms with E-state index in [2.05, 4.69) is 30.3 Å². The lowest BCUT2D eigenvalue weighted by Crippen LogP contribution is -2.62. The van der Waals surface area contributed by atoms with E-state index in [0.717, 1.165) is 54.6 Å². The third kappa shape index (κ3) is 20.5. The molecular formula is C89H102ClN9O36. The quantitative estimate of drug-likeness (QED) is 0.0433. The van der Waals surface area contributed by atoms with Crippen LogP contribution >= 0.6 is 11.6 Å². The number of carboxylic acid groups (broad SMARTS) is 1. The Kier molecular flexibility index (Phi) is 29.7. The van der Waals surface area contributed by atoms with Crippen LogP contribution < -0.4 is 35.7 Å². The van der Waals surface area contributed by atoms with Crippen molar-refractivity contribution in [1.29, 1.82) is 0 Å². The second kappa shape index (κ2) is 40.9.